The normalized spacial score (nSPS) is 11.4. The van der Waals surface area contributed by atoms with E-state index in [-0.39, 0.29) is 24.6 Å². The molecule has 1 N–H and O–H groups in total. The molecule has 0 aliphatic heterocycles. The molecule has 0 fully saturated rings. The minimum atomic E-state index is -0.276. The summed E-state index contributed by atoms with van der Waals surface area (Å²) in [6, 6.07) is 13.6. The van der Waals surface area contributed by atoms with Crippen molar-refractivity contribution in [2.75, 3.05) is 5.32 Å². The van der Waals surface area contributed by atoms with E-state index >= 15 is 0 Å². The number of para-hydroxylation sites is 1. The molecule has 0 saturated carbocycles. The van der Waals surface area contributed by atoms with Gasteiger partial charge in [-0.1, -0.05) is 48.8 Å². The van der Waals surface area contributed by atoms with Crippen LogP contribution < -0.4 is 10.9 Å². The molecule has 0 aliphatic rings. The van der Waals surface area contributed by atoms with Crippen LogP contribution in [0.3, 0.4) is 0 Å². The number of hydrogen-bond donors (Lipinski definition) is 1. The number of aryl methyl sites for hydroxylation is 3. The molecule has 0 aliphatic carbocycles. The second kappa shape index (κ2) is 9.17. The number of benzene rings is 2. The van der Waals surface area contributed by atoms with Crippen molar-refractivity contribution in [2.24, 2.45) is 0 Å². The van der Waals surface area contributed by atoms with Crippen molar-refractivity contribution in [3.8, 4) is 0 Å². The topological polar surface area (TPSA) is 108 Å². The summed E-state index contributed by atoms with van der Waals surface area (Å²) in [5, 5.41) is 7.73. The first-order chi connectivity index (χ1) is 17.0. The van der Waals surface area contributed by atoms with Crippen molar-refractivity contribution in [3.05, 3.63) is 82.0 Å². The molecular formula is C26H26N6O3. The quantitative estimate of drug-likeness (QED) is 0.387. The van der Waals surface area contributed by atoms with Gasteiger partial charge in [0.2, 0.25) is 11.8 Å². The summed E-state index contributed by atoms with van der Waals surface area (Å²) < 4.78 is 8.44. The van der Waals surface area contributed by atoms with Crippen LogP contribution in [0.5, 0.6) is 0 Å². The van der Waals surface area contributed by atoms with Crippen molar-refractivity contribution in [1.82, 2.24) is 24.3 Å². The molecule has 1 amide bonds. The largest absolute Gasteiger partial charge is 0.337 e. The van der Waals surface area contributed by atoms with E-state index in [1.807, 2.05) is 63.2 Å². The lowest BCUT2D eigenvalue weighted by Crippen LogP contribution is -2.25. The minimum absolute atomic E-state index is 0.0252. The van der Waals surface area contributed by atoms with Crippen LogP contribution in [-0.2, 0) is 30.7 Å². The zero-order valence-corrected chi connectivity index (χ0v) is 19.9. The molecule has 0 unspecified atom stereocenters. The van der Waals surface area contributed by atoms with Gasteiger partial charge in [-0.15, -0.1) is 0 Å². The third kappa shape index (κ3) is 4.21. The van der Waals surface area contributed by atoms with Crippen LogP contribution in [0.2, 0.25) is 0 Å². The predicted octanol–water partition coefficient (Wildman–Crippen LogP) is 3.85. The van der Waals surface area contributed by atoms with Crippen LogP contribution in [0.25, 0.3) is 21.9 Å². The zero-order valence-electron chi connectivity index (χ0n) is 19.9. The van der Waals surface area contributed by atoms with Crippen LogP contribution in [-0.4, -0.2) is 30.2 Å². The molecule has 0 spiro atoms. The molecule has 9 nitrogen and oxygen atoms in total. The average Bonchev–Trinajstić information content (AvgIpc) is 3.43. The van der Waals surface area contributed by atoms with Crippen LogP contribution in [0.1, 0.15) is 36.7 Å². The summed E-state index contributed by atoms with van der Waals surface area (Å²) in [5.74, 6) is 0.692. The van der Waals surface area contributed by atoms with Gasteiger partial charge in [-0.2, -0.15) is 4.98 Å². The Morgan fingerprint density at radius 2 is 1.94 bits per heavy atom. The lowest BCUT2D eigenvalue weighted by Gasteiger charge is -2.12. The maximum Gasteiger partial charge on any atom is 0.278 e. The average molecular weight is 471 g/mol. The number of carbonyl (C=O) groups is 1. The molecule has 35 heavy (non-hydrogen) atoms. The Balaban J connectivity index is 1.59. The van der Waals surface area contributed by atoms with Gasteiger partial charge in [-0.25, -0.2) is 4.98 Å². The summed E-state index contributed by atoms with van der Waals surface area (Å²) in [6.45, 7) is 6.03. The fourth-order valence-electron chi connectivity index (χ4n) is 4.32. The molecule has 5 aromatic rings. The van der Waals surface area contributed by atoms with E-state index in [4.69, 9.17) is 4.52 Å². The summed E-state index contributed by atoms with van der Waals surface area (Å²) in [5.41, 5.74) is 4.29. The number of amides is 1. The van der Waals surface area contributed by atoms with E-state index in [9.17, 15) is 9.59 Å². The van der Waals surface area contributed by atoms with Crippen LogP contribution >= 0.6 is 0 Å². The fourth-order valence-corrected chi connectivity index (χ4v) is 4.32. The first-order valence-corrected chi connectivity index (χ1v) is 11.7. The summed E-state index contributed by atoms with van der Waals surface area (Å²) in [7, 11) is 0. The van der Waals surface area contributed by atoms with Gasteiger partial charge < -0.3 is 14.4 Å². The van der Waals surface area contributed by atoms with Crippen molar-refractivity contribution >= 4 is 33.5 Å². The van der Waals surface area contributed by atoms with Crippen LogP contribution in [0, 0.1) is 6.92 Å². The van der Waals surface area contributed by atoms with E-state index < -0.39 is 0 Å². The van der Waals surface area contributed by atoms with E-state index in [1.165, 1.54) is 10.9 Å². The molecule has 178 valence electrons. The second-order valence-corrected chi connectivity index (χ2v) is 8.50. The molecule has 0 saturated heterocycles. The summed E-state index contributed by atoms with van der Waals surface area (Å²) >= 11 is 0. The molecule has 3 aromatic heterocycles. The molecule has 9 heteroatoms. The van der Waals surface area contributed by atoms with Crippen LogP contribution in [0.15, 0.2) is 58.1 Å². The Morgan fingerprint density at radius 3 is 2.71 bits per heavy atom. The van der Waals surface area contributed by atoms with E-state index in [0.29, 0.717) is 29.2 Å². The lowest BCUT2D eigenvalue weighted by atomic mass is 10.1. The van der Waals surface area contributed by atoms with E-state index in [1.54, 1.807) is 4.57 Å². The third-order valence-electron chi connectivity index (χ3n) is 6.09. The molecule has 0 atom stereocenters. The predicted molar refractivity (Wildman–Crippen MR) is 133 cm³/mol. The Hall–Kier alpha value is -4.27. The molecule has 0 radical (unpaired) electrons. The first-order valence-electron chi connectivity index (χ1n) is 11.7. The number of hydrogen-bond acceptors (Lipinski definition) is 6. The molecule has 5 rings (SSSR count). The fraction of sp³-hybridized carbons (Fsp3) is 0.269. The molecular weight excluding hydrogens is 444 g/mol. The summed E-state index contributed by atoms with van der Waals surface area (Å²) in [4.78, 5) is 35.6. The van der Waals surface area contributed by atoms with Gasteiger partial charge in [0.05, 0.1) is 11.8 Å². The highest BCUT2D eigenvalue weighted by atomic mass is 16.5. The van der Waals surface area contributed by atoms with Gasteiger partial charge in [0.15, 0.2) is 5.82 Å². The summed E-state index contributed by atoms with van der Waals surface area (Å²) in [6.07, 6.45) is 2.93. The lowest BCUT2D eigenvalue weighted by molar-refractivity contribution is -0.116. The van der Waals surface area contributed by atoms with E-state index in [2.05, 4.69) is 20.4 Å². The molecule has 2 aromatic carbocycles. The number of nitrogens with zero attached hydrogens (tertiary/aromatic N) is 5. The van der Waals surface area contributed by atoms with Crippen molar-refractivity contribution in [1.29, 1.82) is 0 Å². The third-order valence-corrected chi connectivity index (χ3v) is 6.09. The molecule has 3 heterocycles. The number of nitrogens with one attached hydrogen (secondary N) is 1. The smallest absolute Gasteiger partial charge is 0.278 e. The highest BCUT2D eigenvalue weighted by Gasteiger charge is 2.20. The number of aromatic nitrogens is 5. The number of anilines is 1. The highest BCUT2D eigenvalue weighted by Crippen LogP contribution is 2.27. The second-order valence-electron chi connectivity index (χ2n) is 8.50. The Bertz CT molecular complexity index is 1610. The van der Waals surface area contributed by atoms with Gasteiger partial charge >= 0.3 is 0 Å². The maximum absolute atomic E-state index is 13.6. The first kappa shape index (κ1) is 22.5. The van der Waals surface area contributed by atoms with Gasteiger partial charge in [0, 0.05) is 17.5 Å². The van der Waals surface area contributed by atoms with Gasteiger partial charge in [0.25, 0.3) is 5.56 Å². The minimum Gasteiger partial charge on any atom is -0.337 e. The van der Waals surface area contributed by atoms with Gasteiger partial charge in [0.1, 0.15) is 24.1 Å². The van der Waals surface area contributed by atoms with Gasteiger partial charge in [-0.05, 0) is 37.1 Å². The molecule has 0 bridgehead atoms. The Kier molecular flexibility index (Phi) is 5.90. The standard InChI is InChI=1S/C26H26N6O3/c1-4-17-8-6-7-9-19(17)28-22(33)13-32-20-11-10-16(3)12-18(20)24-25(32)26(34)31(15-27-24)14-23-29-21(5-2)30-35-23/h6-12,15H,4-5,13-14H2,1-3H3,(H,28,33). The SMILES string of the molecule is CCc1noc(Cn2cnc3c4cc(C)ccc4n(CC(=O)Nc4ccccc4CC)c3c2=O)n1. The van der Waals surface area contributed by atoms with Crippen molar-refractivity contribution < 1.29 is 9.32 Å². The number of carbonyl (C=O) groups excluding carboxylic acids is 1. The highest BCUT2D eigenvalue weighted by molar-refractivity contribution is 6.06. The maximum atomic E-state index is 13.6. The Labute approximate surface area is 201 Å². The van der Waals surface area contributed by atoms with Crippen molar-refractivity contribution in [3.63, 3.8) is 0 Å². The Morgan fingerprint density at radius 1 is 1.11 bits per heavy atom. The zero-order chi connectivity index (χ0) is 24.5. The number of fused-ring (bicyclic) bond motifs is 3. The monoisotopic (exact) mass is 470 g/mol. The van der Waals surface area contributed by atoms with Crippen molar-refractivity contribution in [2.45, 2.75) is 46.7 Å². The number of rotatable bonds is 7. The van der Waals surface area contributed by atoms with Crippen LogP contribution in [0.4, 0.5) is 5.69 Å². The van der Waals surface area contributed by atoms with E-state index in [0.717, 1.165) is 34.1 Å². The van der Waals surface area contributed by atoms with Gasteiger partial charge in [-0.3, -0.25) is 14.2 Å².